The zero-order valence-corrected chi connectivity index (χ0v) is 8.59. The Kier molecular flexibility index (Phi) is 3.14. The lowest BCUT2D eigenvalue weighted by molar-refractivity contribution is -0.636. The molecule has 1 aliphatic rings. The Morgan fingerprint density at radius 2 is 2.23 bits per heavy atom. The average Bonchev–Trinajstić information content (AvgIpc) is 2.34. The third kappa shape index (κ3) is 4.12. The Morgan fingerprint density at radius 1 is 1.54 bits per heavy atom. The number of carbonyl (C=O) groups is 1. The van der Waals surface area contributed by atoms with Gasteiger partial charge in [-0.15, -0.1) is 0 Å². The SMILES string of the molecule is CC(C)(C)OC(=O)N[C@@H]1CC[NH2+]C1. The number of alkyl carbamates (subject to hydrolysis) is 1. The van der Waals surface area contributed by atoms with Crippen LogP contribution in [0.1, 0.15) is 27.2 Å². The summed E-state index contributed by atoms with van der Waals surface area (Å²) in [5.74, 6) is 0. The molecule has 0 aromatic heterocycles. The second-order valence-corrected chi connectivity index (χ2v) is 4.44. The molecular formula is C9H19N2O2+. The van der Waals surface area contributed by atoms with E-state index in [0.29, 0.717) is 0 Å². The maximum absolute atomic E-state index is 11.3. The lowest BCUT2D eigenvalue weighted by Gasteiger charge is -2.20. The van der Waals surface area contributed by atoms with Crippen LogP contribution in [0.3, 0.4) is 0 Å². The molecule has 0 aromatic rings. The van der Waals surface area contributed by atoms with Gasteiger partial charge in [0.25, 0.3) is 0 Å². The van der Waals surface area contributed by atoms with Gasteiger partial charge in [-0.2, -0.15) is 0 Å². The van der Waals surface area contributed by atoms with Gasteiger partial charge in [0, 0.05) is 6.42 Å². The van der Waals surface area contributed by atoms with Crippen LogP contribution >= 0.6 is 0 Å². The third-order valence-electron chi connectivity index (χ3n) is 1.89. The molecule has 1 fully saturated rings. The number of hydrogen-bond acceptors (Lipinski definition) is 2. The zero-order chi connectivity index (χ0) is 9.90. The average molecular weight is 187 g/mol. The summed E-state index contributed by atoms with van der Waals surface area (Å²) >= 11 is 0. The molecule has 1 saturated heterocycles. The predicted octanol–water partition coefficient (Wildman–Crippen LogP) is -0.153. The highest BCUT2D eigenvalue weighted by atomic mass is 16.6. The van der Waals surface area contributed by atoms with Gasteiger partial charge in [-0.3, -0.25) is 0 Å². The fraction of sp³-hybridized carbons (Fsp3) is 0.889. The van der Waals surface area contributed by atoms with E-state index >= 15 is 0 Å². The van der Waals surface area contributed by atoms with Crippen molar-refractivity contribution in [3.8, 4) is 0 Å². The number of quaternary nitrogens is 1. The van der Waals surface area contributed by atoms with Crippen molar-refractivity contribution in [2.24, 2.45) is 0 Å². The van der Waals surface area contributed by atoms with Gasteiger partial charge in [0.2, 0.25) is 0 Å². The summed E-state index contributed by atoms with van der Waals surface area (Å²) in [6.07, 6.45) is 0.743. The van der Waals surface area contributed by atoms with E-state index in [1.54, 1.807) is 0 Å². The van der Waals surface area contributed by atoms with Gasteiger partial charge in [-0.05, 0) is 20.8 Å². The van der Waals surface area contributed by atoms with E-state index in [4.69, 9.17) is 4.74 Å². The molecule has 0 spiro atoms. The number of hydrogen-bond donors (Lipinski definition) is 2. The molecule has 0 aromatic carbocycles. The molecule has 4 heteroatoms. The minimum Gasteiger partial charge on any atom is -0.444 e. The first-order chi connectivity index (χ1) is 5.97. The smallest absolute Gasteiger partial charge is 0.408 e. The molecule has 1 aliphatic heterocycles. The Labute approximate surface area is 79.0 Å². The van der Waals surface area contributed by atoms with Crippen molar-refractivity contribution in [3.05, 3.63) is 0 Å². The topological polar surface area (TPSA) is 54.9 Å². The van der Waals surface area contributed by atoms with Crippen LogP contribution in [-0.2, 0) is 4.74 Å². The fourth-order valence-electron chi connectivity index (χ4n) is 1.36. The molecule has 1 heterocycles. The maximum atomic E-state index is 11.3. The lowest BCUT2D eigenvalue weighted by atomic mass is 10.2. The Morgan fingerprint density at radius 3 is 2.69 bits per heavy atom. The summed E-state index contributed by atoms with van der Waals surface area (Å²) < 4.78 is 5.14. The summed E-state index contributed by atoms with van der Waals surface area (Å²) in [6, 6.07) is 0.287. The van der Waals surface area contributed by atoms with Crippen molar-refractivity contribution in [2.75, 3.05) is 13.1 Å². The minimum absolute atomic E-state index is 0.287. The Balaban J connectivity index is 2.24. The van der Waals surface area contributed by atoms with Crippen molar-refractivity contribution >= 4 is 6.09 Å². The van der Waals surface area contributed by atoms with Gasteiger partial charge in [-0.25, -0.2) is 4.79 Å². The molecule has 1 rings (SSSR count). The van der Waals surface area contributed by atoms with E-state index in [9.17, 15) is 4.79 Å². The van der Waals surface area contributed by atoms with E-state index in [0.717, 1.165) is 19.5 Å². The van der Waals surface area contributed by atoms with Gasteiger partial charge in [0.05, 0.1) is 19.1 Å². The predicted molar refractivity (Wildman–Crippen MR) is 49.4 cm³/mol. The van der Waals surface area contributed by atoms with Gasteiger partial charge >= 0.3 is 6.09 Å². The van der Waals surface area contributed by atoms with Crippen LogP contribution in [-0.4, -0.2) is 30.8 Å². The lowest BCUT2D eigenvalue weighted by Crippen LogP contribution is -2.82. The maximum Gasteiger partial charge on any atom is 0.408 e. The van der Waals surface area contributed by atoms with Gasteiger partial charge < -0.3 is 15.4 Å². The third-order valence-corrected chi connectivity index (χ3v) is 1.89. The first-order valence-electron chi connectivity index (χ1n) is 4.78. The van der Waals surface area contributed by atoms with Crippen molar-refractivity contribution in [1.82, 2.24) is 5.32 Å². The molecule has 4 nitrogen and oxygen atoms in total. The summed E-state index contributed by atoms with van der Waals surface area (Å²) in [5, 5.41) is 5.04. The monoisotopic (exact) mass is 187 g/mol. The van der Waals surface area contributed by atoms with Crippen molar-refractivity contribution in [3.63, 3.8) is 0 Å². The van der Waals surface area contributed by atoms with Crippen LogP contribution in [0.4, 0.5) is 4.79 Å². The van der Waals surface area contributed by atoms with Crippen LogP contribution in [0, 0.1) is 0 Å². The van der Waals surface area contributed by atoms with Crippen LogP contribution in [0.25, 0.3) is 0 Å². The summed E-state index contributed by atoms with van der Waals surface area (Å²) in [7, 11) is 0. The molecule has 0 saturated carbocycles. The highest BCUT2D eigenvalue weighted by Crippen LogP contribution is 2.07. The molecule has 0 unspecified atom stereocenters. The number of ether oxygens (including phenoxy) is 1. The van der Waals surface area contributed by atoms with E-state index in [1.807, 2.05) is 20.8 Å². The zero-order valence-electron chi connectivity index (χ0n) is 8.59. The first kappa shape index (κ1) is 10.3. The van der Waals surface area contributed by atoms with E-state index in [2.05, 4.69) is 10.6 Å². The summed E-state index contributed by atoms with van der Waals surface area (Å²) in [4.78, 5) is 11.3. The molecule has 0 bridgehead atoms. The molecule has 1 atom stereocenters. The second kappa shape index (κ2) is 3.96. The number of carbonyl (C=O) groups excluding carboxylic acids is 1. The number of amides is 1. The molecule has 3 N–H and O–H groups in total. The molecule has 0 radical (unpaired) electrons. The highest BCUT2D eigenvalue weighted by Gasteiger charge is 2.23. The van der Waals surface area contributed by atoms with Crippen LogP contribution in [0.15, 0.2) is 0 Å². The fourth-order valence-corrected chi connectivity index (χ4v) is 1.36. The first-order valence-corrected chi connectivity index (χ1v) is 4.78. The highest BCUT2D eigenvalue weighted by molar-refractivity contribution is 5.68. The van der Waals surface area contributed by atoms with E-state index in [-0.39, 0.29) is 12.1 Å². The minimum atomic E-state index is -0.396. The number of nitrogens with two attached hydrogens (primary N) is 1. The number of rotatable bonds is 1. The van der Waals surface area contributed by atoms with Crippen LogP contribution < -0.4 is 10.6 Å². The van der Waals surface area contributed by atoms with Crippen LogP contribution in [0.5, 0.6) is 0 Å². The summed E-state index contributed by atoms with van der Waals surface area (Å²) in [6.45, 7) is 7.67. The normalized spacial score (nSPS) is 22.8. The molecule has 76 valence electrons. The molecular weight excluding hydrogens is 168 g/mol. The summed E-state index contributed by atoms with van der Waals surface area (Å²) in [5.41, 5.74) is -0.396. The van der Waals surface area contributed by atoms with E-state index in [1.165, 1.54) is 0 Å². The van der Waals surface area contributed by atoms with E-state index < -0.39 is 5.60 Å². The quantitative estimate of drug-likeness (QED) is 0.599. The van der Waals surface area contributed by atoms with Gasteiger partial charge in [0.1, 0.15) is 5.60 Å². The Bertz CT molecular complexity index is 181. The van der Waals surface area contributed by atoms with Crippen molar-refractivity contribution < 1.29 is 14.8 Å². The number of nitrogens with one attached hydrogen (secondary N) is 1. The molecule has 0 aliphatic carbocycles. The van der Waals surface area contributed by atoms with Crippen molar-refractivity contribution in [2.45, 2.75) is 38.8 Å². The van der Waals surface area contributed by atoms with Gasteiger partial charge in [-0.1, -0.05) is 0 Å². The van der Waals surface area contributed by atoms with Gasteiger partial charge in [0.15, 0.2) is 0 Å². The van der Waals surface area contributed by atoms with Crippen LogP contribution in [0.2, 0.25) is 0 Å². The second-order valence-electron chi connectivity index (χ2n) is 4.44. The largest absolute Gasteiger partial charge is 0.444 e. The molecule has 1 amide bonds. The van der Waals surface area contributed by atoms with Crippen molar-refractivity contribution in [1.29, 1.82) is 0 Å². The Hall–Kier alpha value is -0.770. The standard InChI is InChI=1S/C9H18N2O2/c1-9(2,3)13-8(12)11-7-4-5-10-6-7/h7,10H,4-6H2,1-3H3,(H,11,12)/p+1/t7-/m1/s1. The molecule has 13 heavy (non-hydrogen) atoms.